The zero-order valence-electron chi connectivity index (χ0n) is 20.2. The van der Waals surface area contributed by atoms with Crippen molar-refractivity contribution in [3.63, 3.8) is 0 Å². The fourth-order valence-electron chi connectivity index (χ4n) is 5.14. The van der Waals surface area contributed by atoms with Gasteiger partial charge in [0.25, 0.3) is 0 Å². The highest BCUT2D eigenvalue weighted by atomic mass is 16.5. The first-order valence-electron chi connectivity index (χ1n) is 12.3. The van der Waals surface area contributed by atoms with Crippen LogP contribution in [-0.2, 0) is 19.7 Å². The van der Waals surface area contributed by atoms with Gasteiger partial charge >= 0.3 is 0 Å². The molecule has 1 aliphatic carbocycles. The third-order valence-electron chi connectivity index (χ3n) is 7.11. The van der Waals surface area contributed by atoms with Crippen molar-refractivity contribution < 1.29 is 14.3 Å². The molecule has 2 aromatic rings. The van der Waals surface area contributed by atoms with E-state index in [-0.39, 0.29) is 17.7 Å². The number of nitrogens with zero attached hydrogens (tertiary/aromatic N) is 3. The van der Waals surface area contributed by atoms with Gasteiger partial charge in [-0.3, -0.25) is 14.7 Å². The summed E-state index contributed by atoms with van der Waals surface area (Å²) in [6.45, 7) is 3.94. The number of hydrogen-bond donors (Lipinski definition) is 3. The van der Waals surface area contributed by atoms with E-state index >= 15 is 0 Å². The molecular weight excluding hydrogens is 432 g/mol. The van der Waals surface area contributed by atoms with E-state index in [1.165, 1.54) is 6.42 Å². The molecule has 3 heterocycles. The highest BCUT2D eigenvalue weighted by Gasteiger charge is 2.45. The summed E-state index contributed by atoms with van der Waals surface area (Å²) in [6.07, 6.45) is 6.55. The normalized spacial score (nSPS) is 18.5. The molecule has 9 heteroatoms. The number of methoxy groups -OCH3 is 1. The summed E-state index contributed by atoms with van der Waals surface area (Å²) in [5, 5.41) is 13.4. The quantitative estimate of drug-likeness (QED) is 0.514. The Labute approximate surface area is 201 Å². The molecule has 4 rings (SSSR count). The van der Waals surface area contributed by atoms with Crippen LogP contribution in [0.1, 0.15) is 56.3 Å². The molecule has 0 bridgehead atoms. The lowest BCUT2D eigenvalue weighted by atomic mass is 9.74. The fourth-order valence-corrected chi connectivity index (χ4v) is 5.14. The zero-order chi connectivity index (χ0) is 24.0. The number of carbonyl (C=O) groups is 2. The SMILES string of the molecule is COCCNC(=O)C1(c2cccc(Nc3cc(C)[nH]n3)n2)CCN(C(=O)C2CCCCC2)CC1. The number of piperidine rings is 1. The van der Waals surface area contributed by atoms with Crippen molar-refractivity contribution in [1.82, 2.24) is 25.4 Å². The summed E-state index contributed by atoms with van der Waals surface area (Å²) in [5.74, 6) is 1.64. The van der Waals surface area contributed by atoms with Crippen LogP contribution in [0.15, 0.2) is 24.3 Å². The Kier molecular flexibility index (Phi) is 7.82. The maximum atomic E-state index is 13.5. The number of H-pyrrole nitrogens is 1. The number of likely N-dealkylation sites (tertiary alicyclic amines) is 1. The number of ether oxygens (including phenoxy) is 1. The summed E-state index contributed by atoms with van der Waals surface area (Å²) in [7, 11) is 1.62. The number of anilines is 2. The van der Waals surface area contributed by atoms with Gasteiger partial charge in [0.05, 0.1) is 17.7 Å². The predicted molar refractivity (Wildman–Crippen MR) is 130 cm³/mol. The van der Waals surface area contributed by atoms with E-state index in [9.17, 15) is 9.59 Å². The first kappa shape index (κ1) is 24.2. The van der Waals surface area contributed by atoms with Gasteiger partial charge in [-0.2, -0.15) is 5.10 Å². The van der Waals surface area contributed by atoms with Gasteiger partial charge in [-0.1, -0.05) is 25.3 Å². The average Bonchev–Trinajstić information content (AvgIpc) is 3.28. The molecule has 2 aliphatic rings. The topological polar surface area (TPSA) is 112 Å². The highest BCUT2D eigenvalue weighted by Crippen LogP contribution is 2.37. The standard InChI is InChI=1S/C25H36N6O3/c1-18-17-22(30-29-18)28-21-10-6-9-20(27-21)25(24(33)26-13-16-34-2)11-14-31(15-12-25)23(32)19-7-4-3-5-8-19/h6,9-10,17,19H,3-5,7-8,11-16H2,1-2H3,(H,26,33)(H2,27,28,29,30). The molecule has 1 saturated heterocycles. The van der Waals surface area contributed by atoms with Crippen molar-refractivity contribution >= 4 is 23.5 Å². The van der Waals surface area contributed by atoms with E-state index in [4.69, 9.17) is 9.72 Å². The van der Waals surface area contributed by atoms with Gasteiger partial charge in [0.15, 0.2) is 5.82 Å². The van der Waals surface area contributed by atoms with Crippen molar-refractivity contribution in [3.8, 4) is 0 Å². The lowest BCUT2D eigenvalue weighted by Crippen LogP contribution is -2.54. The Bertz CT molecular complexity index is 977. The van der Waals surface area contributed by atoms with Gasteiger partial charge in [0, 0.05) is 44.4 Å². The molecule has 2 fully saturated rings. The largest absolute Gasteiger partial charge is 0.383 e. The molecule has 1 aliphatic heterocycles. The van der Waals surface area contributed by atoms with Gasteiger partial charge in [-0.25, -0.2) is 4.98 Å². The lowest BCUT2D eigenvalue weighted by Gasteiger charge is -2.41. The molecule has 9 nitrogen and oxygen atoms in total. The number of pyridine rings is 1. The van der Waals surface area contributed by atoms with Crippen molar-refractivity contribution in [2.45, 2.75) is 57.3 Å². The van der Waals surface area contributed by atoms with E-state index in [2.05, 4.69) is 20.8 Å². The number of amides is 2. The van der Waals surface area contributed by atoms with Gasteiger partial charge < -0.3 is 20.3 Å². The molecule has 1 saturated carbocycles. The molecule has 3 N–H and O–H groups in total. The predicted octanol–water partition coefficient (Wildman–Crippen LogP) is 3.06. The second-order valence-corrected chi connectivity index (χ2v) is 9.46. The molecule has 0 atom stereocenters. The molecule has 0 unspecified atom stereocenters. The van der Waals surface area contributed by atoms with E-state index < -0.39 is 5.41 Å². The first-order chi connectivity index (χ1) is 16.5. The molecule has 2 amide bonds. The second kappa shape index (κ2) is 11.0. The van der Waals surface area contributed by atoms with Gasteiger partial charge in [-0.05, 0) is 44.7 Å². The lowest BCUT2D eigenvalue weighted by molar-refractivity contribution is -0.141. The maximum Gasteiger partial charge on any atom is 0.232 e. The Hall–Kier alpha value is -2.94. The number of aryl methyl sites for hydroxylation is 1. The van der Waals surface area contributed by atoms with Crippen LogP contribution in [0.4, 0.5) is 11.6 Å². The van der Waals surface area contributed by atoms with E-state index in [0.29, 0.717) is 56.4 Å². The Balaban J connectivity index is 1.53. The monoisotopic (exact) mass is 468 g/mol. The summed E-state index contributed by atoms with van der Waals surface area (Å²) in [5.41, 5.74) is 0.864. The van der Waals surface area contributed by atoms with Crippen LogP contribution in [0.2, 0.25) is 0 Å². The minimum atomic E-state index is -0.795. The van der Waals surface area contributed by atoms with Crippen LogP contribution in [0.5, 0.6) is 0 Å². The molecule has 184 valence electrons. The second-order valence-electron chi connectivity index (χ2n) is 9.46. The molecular formula is C25H36N6O3. The number of rotatable bonds is 8. The minimum absolute atomic E-state index is 0.0606. The number of hydrogen-bond acceptors (Lipinski definition) is 6. The van der Waals surface area contributed by atoms with Crippen LogP contribution in [0, 0.1) is 12.8 Å². The smallest absolute Gasteiger partial charge is 0.232 e. The van der Waals surface area contributed by atoms with Crippen LogP contribution in [0.25, 0.3) is 0 Å². The van der Waals surface area contributed by atoms with Gasteiger partial charge in [-0.15, -0.1) is 0 Å². The number of nitrogens with one attached hydrogen (secondary N) is 3. The van der Waals surface area contributed by atoms with Gasteiger partial charge in [0.1, 0.15) is 5.82 Å². The average molecular weight is 469 g/mol. The summed E-state index contributed by atoms with van der Waals surface area (Å²) in [6, 6.07) is 7.59. The van der Waals surface area contributed by atoms with Crippen LogP contribution < -0.4 is 10.6 Å². The molecule has 2 aromatic heterocycles. The third kappa shape index (κ3) is 5.41. The summed E-state index contributed by atoms with van der Waals surface area (Å²) >= 11 is 0. The van der Waals surface area contributed by atoms with Crippen molar-refractivity contribution in [2.24, 2.45) is 5.92 Å². The third-order valence-corrected chi connectivity index (χ3v) is 7.11. The Morgan fingerprint density at radius 3 is 2.62 bits per heavy atom. The Morgan fingerprint density at radius 2 is 1.94 bits per heavy atom. The maximum absolute atomic E-state index is 13.5. The molecule has 34 heavy (non-hydrogen) atoms. The number of aromatic nitrogens is 3. The van der Waals surface area contributed by atoms with E-state index in [1.54, 1.807) is 7.11 Å². The minimum Gasteiger partial charge on any atom is -0.383 e. The van der Waals surface area contributed by atoms with Crippen molar-refractivity contribution in [3.05, 3.63) is 35.7 Å². The molecule has 0 spiro atoms. The van der Waals surface area contributed by atoms with Gasteiger partial charge in [0.2, 0.25) is 11.8 Å². The van der Waals surface area contributed by atoms with Crippen molar-refractivity contribution in [2.75, 3.05) is 38.7 Å². The van der Waals surface area contributed by atoms with E-state index in [1.807, 2.05) is 36.1 Å². The Morgan fingerprint density at radius 1 is 1.18 bits per heavy atom. The number of carbonyl (C=O) groups excluding carboxylic acids is 2. The van der Waals surface area contributed by atoms with Crippen molar-refractivity contribution in [1.29, 1.82) is 0 Å². The highest BCUT2D eigenvalue weighted by molar-refractivity contribution is 5.88. The first-order valence-corrected chi connectivity index (χ1v) is 12.3. The van der Waals surface area contributed by atoms with Crippen LogP contribution in [0.3, 0.4) is 0 Å². The van der Waals surface area contributed by atoms with Crippen LogP contribution >= 0.6 is 0 Å². The summed E-state index contributed by atoms with van der Waals surface area (Å²) < 4.78 is 5.12. The van der Waals surface area contributed by atoms with E-state index in [0.717, 1.165) is 31.4 Å². The summed E-state index contributed by atoms with van der Waals surface area (Å²) in [4.78, 5) is 33.4. The van der Waals surface area contributed by atoms with Crippen LogP contribution in [-0.4, -0.2) is 65.2 Å². The molecule has 0 radical (unpaired) electrons. The zero-order valence-corrected chi connectivity index (χ0v) is 20.2. The fraction of sp³-hybridized carbons (Fsp3) is 0.600. The number of aromatic amines is 1. The molecule has 0 aromatic carbocycles.